The maximum atomic E-state index is 12.6. The first-order valence-electron chi connectivity index (χ1n) is 6.93. The topological polar surface area (TPSA) is 46.2 Å². The Morgan fingerprint density at radius 1 is 1.00 bits per heavy atom. The lowest BCUT2D eigenvalue weighted by atomic mass is 9.97. The van der Waals surface area contributed by atoms with Crippen LogP contribution >= 0.6 is 0 Å². The predicted octanol–water partition coefficient (Wildman–Crippen LogP) is 3.14. The summed E-state index contributed by atoms with van der Waals surface area (Å²) in [4.78, 5) is 24.9. The van der Waals surface area contributed by atoms with Crippen molar-refractivity contribution in [1.29, 1.82) is 0 Å². The third-order valence-electron chi connectivity index (χ3n) is 4.12. The van der Waals surface area contributed by atoms with Crippen molar-refractivity contribution in [3.63, 3.8) is 0 Å². The first-order valence-corrected chi connectivity index (χ1v) is 6.93. The molecule has 1 heterocycles. The summed E-state index contributed by atoms with van der Waals surface area (Å²) >= 11 is 0. The zero-order chi connectivity index (χ0) is 14.6. The molecule has 102 valence electrons. The normalized spacial score (nSPS) is 19.5. The molecule has 0 fully saturated rings. The van der Waals surface area contributed by atoms with Crippen molar-refractivity contribution in [2.45, 2.75) is 13.3 Å². The number of allylic oxidation sites excluding steroid dienone is 1. The van der Waals surface area contributed by atoms with Crippen molar-refractivity contribution >= 4 is 23.0 Å². The van der Waals surface area contributed by atoms with Crippen molar-refractivity contribution in [3.05, 3.63) is 70.3 Å². The van der Waals surface area contributed by atoms with Crippen LogP contribution in [0.3, 0.4) is 0 Å². The van der Waals surface area contributed by atoms with Crippen LogP contribution in [-0.4, -0.2) is 11.7 Å². The number of benzene rings is 2. The molecule has 1 amide bonds. The second-order valence-corrected chi connectivity index (χ2v) is 5.52. The Balaban J connectivity index is 1.94. The van der Waals surface area contributed by atoms with Crippen LogP contribution in [0.2, 0.25) is 0 Å². The minimum Gasteiger partial charge on any atom is -0.321 e. The van der Waals surface area contributed by atoms with Crippen LogP contribution in [0.15, 0.2) is 48.0 Å². The average molecular weight is 275 g/mol. The smallest absolute Gasteiger partial charge is 0.256 e. The summed E-state index contributed by atoms with van der Waals surface area (Å²) in [6.45, 7) is 1.98. The van der Waals surface area contributed by atoms with E-state index >= 15 is 0 Å². The highest BCUT2D eigenvalue weighted by Crippen LogP contribution is 2.39. The molecule has 0 radical (unpaired) electrons. The number of carbonyl (C=O) groups is 2. The summed E-state index contributed by atoms with van der Waals surface area (Å²) < 4.78 is 0. The van der Waals surface area contributed by atoms with E-state index in [1.807, 2.05) is 49.4 Å². The summed E-state index contributed by atoms with van der Waals surface area (Å²) in [7, 11) is 0. The van der Waals surface area contributed by atoms with Crippen molar-refractivity contribution < 1.29 is 9.59 Å². The van der Waals surface area contributed by atoms with Gasteiger partial charge in [0.2, 0.25) is 0 Å². The molecule has 0 aromatic heterocycles. The van der Waals surface area contributed by atoms with Gasteiger partial charge < -0.3 is 5.32 Å². The number of ketones is 1. The van der Waals surface area contributed by atoms with Gasteiger partial charge in [0.15, 0.2) is 5.78 Å². The Hall–Kier alpha value is -2.68. The maximum absolute atomic E-state index is 12.6. The van der Waals surface area contributed by atoms with Crippen molar-refractivity contribution in [2.75, 3.05) is 5.32 Å². The second kappa shape index (κ2) is 4.16. The van der Waals surface area contributed by atoms with Crippen molar-refractivity contribution in [2.24, 2.45) is 0 Å². The van der Waals surface area contributed by atoms with Crippen LogP contribution in [0, 0.1) is 6.92 Å². The molecule has 3 nitrogen and oxygen atoms in total. The Morgan fingerprint density at radius 2 is 1.81 bits per heavy atom. The van der Waals surface area contributed by atoms with Crippen LogP contribution in [0.5, 0.6) is 0 Å². The molecule has 1 aliphatic heterocycles. The van der Waals surface area contributed by atoms with Gasteiger partial charge in [0.1, 0.15) is 0 Å². The molecule has 3 heteroatoms. The Labute approximate surface area is 122 Å². The molecule has 0 unspecified atom stereocenters. The summed E-state index contributed by atoms with van der Waals surface area (Å²) in [5.41, 5.74) is 5.57. The van der Waals surface area contributed by atoms with Crippen molar-refractivity contribution in [1.82, 2.24) is 0 Å². The van der Waals surface area contributed by atoms with Gasteiger partial charge in [-0.3, -0.25) is 9.59 Å². The first-order chi connectivity index (χ1) is 10.1. The molecule has 0 saturated heterocycles. The summed E-state index contributed by atoms with van der Waals surface area (Å²) in [5.74, 6) is -0.197. The molecule has 2 aromatic rings. The Kier molecular flexibility index (Phi) is 2.39. The fourth-order valence-electron chi connectivity index (χ4n) is 3.11. The van der Waals surface area contributed by atoms with Gasteiger partial charge in [0.25, 0.3) is 5.91 Å². The van der Waals surface area contributed by atoms with Crippen LogP contribution in [0.25, 0.3) is 5.57 Å². The monoisotopic (exact) mass is 275 g/mol. The molecule has 2 aromatic carbocycles. The zero-order valence-corrected chi connectivity index (χ0v) is 11.6. The number of anilines is 1. The van der Waals surface area contributed by atoms with Crippen LogP contribution in [-0.2, 0) is 11.2 Å². The largest absolute Gasteiger partial charge is 0.321 e. The molecule has 0 spiro atoms. The molecule has 1 N–H and O–H groups in total. The number of aryl methyl sites for hydroxylation is 1. The molecule has 21 heavy (non-hydrogen) atoms. The molecule has 2 aliphatic rings. The van der Waals surface area contributed by atoms with E-state index in [4.69, 9.17) is 0 Å². The van der Waals surface area contributed by atoms with E-state index < -0.39 is 0 Å². The van der Waals surface area contributed by atoms with E-state index in [2.05, 4.69) is 5.32 Å². The lowest BCUT2D eigenvalue weighted by Crippen LogP contribution is -2.09. The molecule has 0 saturated carbocycles. The van der Waals surface area contributed by atoms with Crippen LogP contribution in [0.1, 0.15) is 27.0 Å². The van der Waals surface area contributed by atoms with E-state index in [-0.39, 0.29) is 11.7 Å². The number of amides is 1. The number of hydrogen-bond donors (Lipinski definition) is 1. The number of carbonyl (C=O) groups excluding carboxylic acids is 2. The third-order valence-corrected chi connectivity index (χ3v) is 4.12. The van der Waals surface area contributed by atoms with Gasteiger partial charge >= 0.3 is 0 Å². The minimum absolute atomic E-state index is 0.0230. The van der Waals surface area contributed by atoms with Gasteiger partial charge in [-0.2, -0.15) is 0 Å². The SMILES string of the molecule is Cc1ccc2c(c1)/C(=C1/Cc3ccccc3C1=O)C(=O)N2. The fraction of sp³-hybridized carbons (Fsp3) is 0.111. The number of nitrogens with one attached hydrogen (secondary N) is 1. The molecule has 0 atom stereocenters. The highest BCUT2D eigenvalue weighted by atomic mass is 16.2. The van der Waals surface area contributed by atoms with Gasteiger partial charge in [-0.15, -0.1) is 0 Å². The van der Waals surface area contributed by atoms with Crippen LogP contribution in [0.4, 0.5) is 5.69 Å². The minimum atomic E-state index is -0.174. The standard InChI is InChI=1S/C18H13NO2/c1-10-6-7-15-13(8-10)16(18(21)19-15)14-9-11-4-2-3-5-12(11)17(14)20/h2-8H,9H2,1H3,(H,19,21)/b16-14+. The Bertz CT molecular complexity index is 846. The van der Waals surface area contributed by atoms with Crippen molar-refractivity contribution in [3.8, 4) is 0 Å². The van der Waals surface area contributed by atoms with E-state index in [1.165, 1.54) is 0 Å². The van der Waals surface area contributed by atoms with Crippen LogP contribution < -0.4 is 5.32 Å². The maximum Gasteiger partial charge on any atom is 0.256 e. The highest BCUT2D eigenvalue weighted by Gasteiger charge is 2.34. The fourth-order valence-corrected chi connectivity index (χ4v) is 3.11. The van der Waals surface area contributed by atoms with Gasteiger partial charge in [0, 0.05) is 28.8 Å². The molecule has 4 rings (SSSR count). The van der Waals surface area contributed by atoms with Gasteiger partial charge in [-0.05, 0) is 24.6 Å². The Morgan fingerprint density at radius 3 is 2.62 bits per heavy atom. The highest BCUT2D eigenvalue weighted by molar-refractivity contribution is 6.37. The summed E-state index contributed by atoms with van der Waals surface area (Å²) in [6.07, 6.45) is 0.533. The van der Waals surface area contributed by atoms with E-state index in [0.717, 1.165) is 22.4 Å². The first kappa shape index (κ1) is 12.1. The number of fused-ring (bicyclic) bond motifs is 2. The predicted molar refractivity (Wildman–Crippen MR) is 81.2 cm³/mol. The molecular weight excluding hydrogens is 262 g/mol. The van der Waals surface area contributed by atoms with E-state index in [0.29, 0.717) is 23.1 Å². The second-order valence-electron chi connectivity index (χ2n) is 5.52. The molecule has 0 bridgehead atoms. The summed E-state index contributed by atoms with van der Waals surface area (Å²) in [6, 6.07) is 13.4. The van der Waals surface area contributed by atoms with Gasteiger partial charge in [-0.25, -0.2) is 0 Å². The number of Topliss-reactive ketones (excluding diaryl/α,β-unsaturated/α-hetero) is 1. The summed E-state index contributed by atoms with van der Waals surface area (Å²) in [5, 5.41) is 2.85. The molecular formula is C18H13NO2. The molecule has 1 aliphatic carbocycles. The number of rotatable bonds is 0. The average Bonchev–Trinajstić information content (AvgIpc) is 2.96. The lowest BCUT2D eigenvalue weighted by Gasteiger charge is -2.03. The lowest BCUT2D eigenvalue weighted by molar-refractivity contribution is -0.110. The van der Waals surface area contributed by atoms with Gasteiger partial charge in [-0.1, -0.05) is 35.9 Å². The number of hydrogen-bond acceptors (Lipinski definition) is 2. The van der Waals surface area contributed by atoms with E-state index in [9.17, 15) is 9.59 Å². The van der Waals surface area contributed by atoms with E-state index in [1.54, 1.807) is 0 Å². The quantitative estimate of drug-likeness (QED) is 0.751. The van der Waals surface area contributed by atoms with Gasteiger partial charge in [0.05, 0.1) is 5.57 Å². The zero-order valence-electron chi connectivity index (χ0n) is 11.6. The third kappa shape index (κ3) is 1.67.